The summed E-state index contributed by atoms with van der Waals surface area (Å²) in [6, 6.07) is 11.1. The SMILES string of the molecule is CC(C)(NC(=O)C1(C(F)(F)F)CC1)C(=O)Nc1nc(C(C)(C)c2ccc(F)cc2)n(-c2ccc(F)cc2)n1. The first-order valence-electron chi connectivity index (χ1n) is 11.8. The zero-order valence-electron chi connectivity index (χ0n) is 21.1. The minimum absolute atomic E-state index is 0.191. The monoisotopic (exact) mass is 535 g/mol. The molecule has 1 aromatic heterocycles. The molecule has 4 rings (SSSR count). The van der Waals surface area contributed by atoms with E-state index in [4.69, 9.17) is 0 Å². The molecule has 0 aliphatic heterocycles. The lowest BCUT2D eigenvalue weighted by Crippen LogP contribution is -2.56. The molecule has 0 saturated heterocycles. The lowest BCUT2D eigenvalue weighted by Gasteiger charge is -2.28. The van der Waals surface area contributed by atoms with Gasteiger partial charge in [0, 0.05) is 5.41 Å². The molecule has 0 bridgehead atoms. The molecule has 1 aliphatic carbocycles. The Balaban J connectivity index is 1.65. The smallest absolute Gasteiger partial charge is 0.341 e. The summed E-state index contributed by atoms with van der Waals surface area (Å²) in [5.41, 5.74) is -4.02. The van der Waals surface area contributed by atoms with Gasteiger partial charge in [-0.3, -0.25) is 14.9 Å². The number of aromatic nitrogens is 3. The Morgan fingerprint density at radius 3 is 1.92 bits per heavy atom. The summed E-state index contributed by atoms with van der Waals surface area (Å²) in [7, 11) is 0. The van der Waals surface area contributed by atoms with Gasteiger partial charge in [0.15, 0.2) is 0 Å². The number of hydrogen-bond acceptors (Lipinski definition) is 4. The number of halogens is 5. The lowest BCUT2D eigenvalue weighted by atomic mass is 9.83. The molecule has 1 heterocycles. The topological polar surface area (TPSA) is 88.9 Å². The van der Waals surface area contributed by atoms with Gasteiger partial charge in [0.25, 0.3) is 5.91 Å². The lowest BCUT2D eigenvalue weighted by molar-refractivity contribution is -0.193. The van der Waals surface area contributed by atoms with Crippen molar-refractivity contribution in [3.63, 3.8) is 0 Å². The fraction of sp³-hybridized carbons (Fsp3) is 0.385. The summed E-state index contributed by atoms with van der Waals surface area (Å²) in [6.45, 7) is 6.14. The van der Waals surface area contributed by atoms with Crippen molar-refractivity contribution in [1.82, 2.24) is 20.1 Å². The Labute approximate surface area is 215 Å². The zero-order chi connectivity index (χ0) is 28.1. The summed E-state index contributed by atoms with van der Waals surface area (Å²) in [5.74, 6) is -2.91. The summed E-state index contributed by atoms with van der Waals surface area (Å²) >= 11 is 0. The van der Waals surface area contributed by atoms with Crippen LogP contribution in [0, 0.1) is 17.0 Å². The maximum Gasteiger partial charge on any atom is 0.403 e. The molecule has 38 heavy (non-hydrogen) atoms. The Kier molecular flexibility index (Phi) is 6.57. The number of amides is 2. The quantitative estimate of drug-likeness (QED) is 0.415. The van der Waals surface area contributed by atoms with Crippen molar-refractivity contribution in [1.29, 1.82) is 0 Å². The molecule has 0 unspecified atom stereocenters. The highest BCUT2D eigenvalue weighted by atomic mass is 19.4. The van der Waals surface area contributed by atoms with Crippen molar-refractivity contribution >= 4 is 17.8 Å². The van der Waals surface area contributed by atoms with Gasteiger partial charge >= 0.3 is 6.18 Å². The van der Waals surface area contributed by atoms with Gasteiger partial charge in [0.05, 0.1) is 5.69 Å². The van der Waals surface area contributed by atoms with Crippen molar-refractivity contribution in [3.05, 3.63) is 71.6 Å². The van der Waals surface area contributed by atoms with Crippen molar-refractivity contribution in [2.45, 2.75) is 57.7 Å². The number of alkyl halides is 3. The van der Waals surface area contributed by atoms with Crippen LogP contribution in [0.2, 0.25) is 0 Å². The van der Waals surface area contributed by atoms with Crippen LogP contribution in [-0.4, -0.2) is 38.3 Å². The first kappa shape index (κ1) is 27.2. The highest BCUT2D eigenvalue weighted by molar-refractivity contribution is 6.00. The van der Waals surface area contributed by atoms with Crippen LogP contribution in [0.5, 0.6) is 0 Å². The first-order valence-corrected chi connectivity index (χ1v) is 11.8. The Hall–Kier alpha value is -3.83. The average molecular weight is 536 g/mol. The molecule has 1 fully saturated rings. The van der Waals surface area contributed by atoms with Crippen LogP contribution in [0.15, 0.2) is 48.5 Å². The van der Waals surface area contributed by atoms with Crippen LogP contribution in [0.3, 0.4) is 0 Å². The molecule has 0 radical (unpaired) electrons. The van der Waals surface area contributed by atoms with Crippen LogP contribution in [0.25, 0.3) is 5.69 Å². The van der Waals surface area contributed by atoms with Gasteiger partial charge in [0.1, 0.15) is 28.4 Å². The second-order valence-corrected chi connectivity index (χ2v) is 10.4. The van der Waals surface area contributed by atoms with E-state index in [0.29, 0.717) is 17.1 Å². The number of nitrogens with zero attached hydrogens (tertiary/aromatic N) is 3. The third-order valence-corrected chi connectivity index (χ3v) is 6.75. The van der Waals surface area contributed by atoms with Gasteiger partial charge in [-0.1, -0.05) is 12.1 Å². The molecule has 2 amide bonds. The van der Waals surface area contributed by atoms with E-state index in [1.54, 1.807) is 26.0 Å². The molecular formula is C26H26F5N5O2. The van der Waals surface area contributed by atoms with Gasteiger partial charge in [-0.05, 0) is 82.5 Å². The maximum atomic E-state index is 13.6. The van der Waals surface area contributed by atoms with E-state index in [-0.39, 0.29) is 18.8 Å². The summed E-state index contributed by atoms with van der Waals surface area (Å²) < 4.78 is 68.5. The molecule has 12 heteroatoms. The number of carbonyl (C=O) groups excluding carboxylic acids is 2. The Morgan fingerprint density at radius 1 is 0.895 bits per heavy atom. The van der Waals surface area contributed by atoms with Crippen molar-refractivity contribution in [2.75, 3.05) is 5.32 Å². The molecule has 0 atom stereocenters. The van der Waals surface area contributed by atoms with E-state index in [2.05, 4.69) is 20.7 Å². The maximum absolute atomic E-state index is 13.6. The van der Waals surface area contributed by atoms with Gasteiger partial charge in [0.2, 0.25) is 11.9 Å². The minimum atomic E-state index is -4.72. The van der Waals surface area contributed by atoms with Crippen LogP contribution in [0.1, 0.15) is 51.9 Å². The second-order valence-electron chi connectivity index (χ2n) is 10.4. The molecule has 2 N–H and O–H groups in total. The molecule has 1 aliphatic rings. The van der Waals surface area contributed by atoms with E-state index in [1.165, 1.54) is 54.9 Å². The molecule has 1 saturated carbocycles. The number of hydrogen-bond donors (Lipinski definition) is 2. The average Bonchev–Trinajstić information content (AvgIpc) is 3.55. The fourth-order valence-corrected chi connectivity index (χ4v) is 4.01. The number of anilines is 1. The van der Waals surface area contributed by atoms with E-state index in [1.807, 2.05) is 0 Å². The summed E-state index contributed by atoms with van der Waals surface area (Å²) in [6.07, 6.45) is -5.41. The molecule has 0 spiro atoms. The van der Waals surface area contributed by atoms with Crippen LogP contribution in [0.4, 0.5) is 27.9 Å². The molecule has 7 nitrogen and oxygen atoms in total. The van der Waals surface area contributed by atoms with Crippen LogP contribution < -0.4 is 10.6 Å². The van der Waals surface area contributed by atoms with Crippen molar-refractivity contribution < 1.29 is 31.5 Å². The molecule has 202 valence electrons. The number of benzene rings is 2. The van der Waals surface area contributed by atoms with Crippen LogP contribution >= 0.6 is 0 Å². The highest BCUT2D eigenvalue weighted by Gasteiger charge is 2.69. The highest BCUT2D eigenvalue weighted by Crippen LogP contribution is 2.57. The summed E-state index contributed by atoms with van der Waals surface area (Å²) in [4.78, 5) is 29.9. The number of nitrogens with one attached hydrogen (secondary N) is 2. The number of carbonyl (C=O) groups is 2. The van der Waals surface area contributed by atoms with E-state index < -0.39 is 46.0 Å². The molecular weight excluding hydrogens is 509 g/mol. The van der Waals surface area contributed by atoms with Gasteiger partial charge in [-0.2, -0.15) is 18.2 Å². The second kappa shape index (κ2) is 9.17. The van der Waals surface area contributed by atoms with Gasteiger partial charge < -0.3 is 5.32 Å². The predicted molar refractivity (Wildman–Crippen MR) is 128 cm³/mol. The fourth-order valence-electron chi connectivity index (χ4n) is 4.01. The predicted octanol–water partition coefficient (Wildman–Crippen LogP) is 5.05. The van der Waals surface area contributed by atoms with Gasteiger partial charge in [-0.15, -0.1) is 5.10 Å². The molecule has 2 aromatic carbocycles. The minimum Gasteiger partial charge on any atom is -0.341 e. The zero-order valence-corrected chi connectivity index (χ0v) is 21.1. The molecule has 3 aromatic rings. The Morgan fingerprint density at radius 2 is 1.42 bits per heavy atom. The normalized spacial score (nSPS) is 15.2. The third-order valence-electron chi connectivity index (χ3n) is 6.75. The Bertz CT molecular complexity index is 1360. The van der Waals surface area contributed by atoms with E-state index in [9.17, 15) is 31.5 Å². The van der Waals surface area contributed by atoms with Crippen molar-refractivity contribution in [3.8, 4) is 5.69 Å². The van der Waals surface area contributed by atoms with E-state index in [0.717, 1.165) is 0 Å². The summed E-state index contributed by atoms with van der Waals surface area (Å²) in [5, 5.41) is 8.99. The largest absolute Gasteiger partial charge is 0.403 e. The van der Waals surface area contributed by atoms with Gasteiger partial charge in [-0.25, -0.2) is 13.5 Å². The van der Waals surface area contributed by atoms with Crippen molar-refractivity contribution in [2.24, 2.45) is 5.41 Å². The number of rotatable bonds is 7. The first-order chi connectivity index (χ1) is 17.6. The standard InChI is InChI=1S/C26H26F5N5O2/c1-23(2,15-5-7-16(27)8-6-15)19-32-22(35-36(19)18-11-9-17(28)10-12-18)33-20(37)24(3,4)34-21(38)25(13-14-25)26(29,30)31/h5-12H,13-14H2,1-4H3,(H,34,38)(H,33,35,37). The van der Waals surface area contributed by atoms with E-state index >= 15 is 0 Å². The third kappa shape index (κ3) is 4.99. The van der Waals surface area contributed by atoms with Crippen LogP contribution in [-0.2, 0) is 15.0 Å².